The van der Waals surface area contributed by atoms with Crippen molar-refractivity contribution < 1.29 is 4.79 Å². The zero-order valence-corrected chi connectivity index (χ0v) is 14.4. The van der Waals surface area contributed by atoms with Crippen LogP contribution in [0.25, 0.3) is 0 Å². The Labute approximate surface area is 140 Å². The van der Waals surface area contributed by atoms with Gasteiger partial charge in [0.2, 0.25) is 5.91 Å². The summed E-state index contributed by atoms with van der Waals surface area (Å²) in [6.07, 6.45) is 3.93. The molecule has 0 aromatic heterocycles. The van der Waals surface area contributed by atoms with Crippen LogP contribution < -0.4 is 16.0 Å². The van der Waals surface area contributed by atoms with Gasteiger partial charge >= 0.3 is 0 Å². The van der Waals surface area contributed by atoms with Gasteiger partial charge in [0.05, 0.1) is 0 Å². The van der Waals surface area contributed by atoms with Crippen molar-refractivity contribution in [1.29, 1.82) is 0 Å². The van der Waals surface area contributed by atoms with E-state index in [1.165, 1.54) is 12.8 Å². The highest BCUT2D eigenvalue weighted by Gasteiger charge is 2.02. The predicted octanol–water partition coefficient (Wildman–Crippen LogP) is 2.44. The molecule has 0 aliphatic heterocycles. The van der Waals surface area contributed by atoms with Crippen LogP contribution in [0.15, 0.2) is 35.3 Å². The number of benzene rings is 1. The lowest BCUT2D eigenvalue weighted by atomic mass is 10.2. The average molecular weight is 318 g/mol. The van der Waals surface area contributed by atoms with Crippen LogP contribution in [0.3, 0.4) is 0 Å². The number of carbonyl (C=O) groups excluding carboxylic acids is 1. The molecule has 0 aliphatic rings. The van der Waals surface area contributed by atoms with Crippen LogP contribution in [0.4, 0.5) is 0 Å². The van der Waals surface area contributed by atoms with E-state index in [9.17, 15) is 4.79 Å². The second-order valence-electron chi connectivity index (χ2n) is 5.41. The van der Waals surface area contributed by atoms with Gasteiger partial charge in [0, 0.05) is 32.6 Å². The Morgan fingerprint density at radius 3 is 2.52 bits per heavy atom. The summed E-state index contributed by atoms with van der Waals surface area (Å²) in [5, 5.41) is 9.33. The number of amides is 1. The van der Waals surface area contributed by atoms with Gasteiger partial charge in [0.25, 0.3) is 0 Å². The third kappa shape index (κ3) is 9.55. The summed E-state index contributed by atoms with van der Waals surface area (Å²) in [4.78, 5) is 16.3. The Balaban J connectivity index is 2.22. The largest absolute Gasteiger partial charge is 0.357 e. The second-order valence-corrected chi connectivity index (χ2v) is 5.41. The molecule has 0 spiro atoms. The number of unbranched alkanes of at least 4 members (excludes halogenated alkanes) is 2. The lowest BCUT2D eigenvalue weighted by Crippen LogP contribution is -2.39. The Kier molecular flexibility index (Phi) is 10.3. The standard InChI is InChI=1S/C18H30N4O/c1-3-5-9-13-20-18(19-4-2)21-14-12-17(23)22-15-16-10-7-6-8-11-16/h6-8,10-11H,3-5,9,12-15H2,1-2H3,(H,22,23)(H2,19,20,21). The van der Waals surface area contributed by atoms with Gasteiger partial charge in [-0.05, 0) is 18.9 Å². The molecule has 0 saturated heterocycles. The highest BCUT2D eigenvalue weighted by molar-refractivity contribution is 5.81. The van der Waals surface area contributed by atoms with Crippen molar-refractivity contribution in [3.05, 3.63) is 35.9 Å². The van der Waals surface area contributed by atoms with Gasteiger partial charge in [-0.2, -0.15) is 0 Å². The zero-order valence-electron chi connectivity index (χ0n) is 14.4. The normalized spacial score (nSPS) is 11.1. The lowest BCUT2D eigenvalue weighted by molar-refractivity contribution is -0.121. The summed E-state index contributed by atoms with van der Waals surface area (Å²) in [5.74, 6) is 0.836. The van der Waals surface area contributed by atoms with Crippen molar-refractivity contribution in [1.82, 2.24) is 16.0 Å². The van der Waals surface area contributed by atoms with Crippen molar-refractivity contribution in [2.24, 2.45) is 4.99 Å². The molecule has 0 atom stereocenters. The van der Waals surface area contributed by atoms with Crippen LogP contribution in [-0.2, 0) is 11.3 Å². The van der Waals surface area contributed by atoms with Crippen molar-refractivity contribution in [3.63, 3.8) is 0 Å². The van der Waals surface area contributed by atoms with E-state index >= 15 is 0 Å². The number of nitrogens with one attached hydrogen (secondary N) is 3. The van der Waals surface area contributed by atoms with Gasteiger partial charge in [0.15, 0.2) is 5.96 Å². The van der Waals surface area contributed by atoms with Gasteiger partial charge in [-0.15, -0.1) is 0 Å². The summed E-state index contributed by atoms with van der Waals surface area (Å²) < 4.78 is 0. The zero-order chi connectivity index (χ0) is 16.8. The Morgan fingerprint density at radius 2 is 1.83 bits per heavy atom. The van der Waals surface area contributed by atoms with Gasteiger partial charge in [0.1, 0.15) is 0 Å². The van der Waals surface area contributed by atoms with E-state index in [1.807, 2.05) is 37.3 Å². The molecule has 0 radical (unpaired) electrons. The first-order valence-corrected chi connectivity index (χ1v) is 8.59. The van der Waals surface area contributed by atoms with Crippen LogP contribution in [0.2, 0.25) is 0 Å². The minimum Gasteiger partial charge on any atom is -0.357 e. The molecular weight excluding hydrogens is 288 g/mol. The second kappa shape index (κ2) is 12.5. The van der Waals surface area contributed by atoms with Crippen molar-refractivity contribution in [2.75, 3.05) is 19.6 Å². The number of nitrogens with zero attached hydrogens (tertiary/aromatic N) is 1. The Hall–Kier alpha value is -2.04. The minimum absolute atomic E-state index is 0.0446. The molecule has 0 fully saturated rings. The molecule has 3 N–H and O–H groups in total. The van der Waals surface area contributed by atoms with Crippen LogP contribution in [-0.4, -0.2) is 31.5 Å². The number of rotatable bonds is 10. The SMILES string of the molecule is CCCCCN=C(NCC)NCCC(=O)NCc1ccccc1. The highest BCUT2D eigenvalue weighted by Crippen LogP contribution is 1.97. The molecule has 1 amide bonds. The fraction of sp³-hybridized carbons (Fsp3) is 0.556. The molecule has 0 aliphatic carbocycles. The monoisotopic (exact) mass is 318 g/mol. The van der Waals surface area contributed by atoms with Crippen molar-refractivity contribution in [3.8, 4) is 0 Å². The maximum Gasteiger partial charge on any atom is 0.222 e. The molecule has 0 heterocycles. The summed E-state index contributed by atoms with van der Waals surface area (Å²) in [6.45, 7) is 7.02. The maximum absolute atomic E-state index is 11.8. The summed E-state index contributed by atoms with van der Waals surface area (Å²) in [6, 6.07) is 9.92. The summed E-state index contributed by atoms with van der Waals surface area (Å²) in [7, 11) is 0. The van der Waals surface area contributed by atoms with Crippen LogP contribution in [0, 0.1) is 0 Å². The third-order valence-electron chi connectivity index (χ3n) is 3.35. The van der Waals surface area contributed by atoms with Gasteiger partial charge in [-0.25, -0.2) is 0 Å². The van der Waals surface area contributed by atoms with Crippen LogP contribution in [0.5, 0.6) is 0 Å². The smallest absolute Gasteiger partial charge is 0.222 e. The van der Waals surface area contributed by atoms with Gasteiger partial charge < -0.3 is 16.0 Å². The molecular formula is C18H30N4O. The van der Waals surface area contributed by atoms with E-state index < -0.39 is 0 Å². The number of hydrogen-bond acceptors (Lipinski definition) is 2. The fourth-order valence-electron chi connectivity index (χ4n) is 2.07. The fourth-order valence-corrected chi connectivity index (χ4v) is 2.07. The van der Waals surface area contributed by atoms with Crippen LogP contribution >= 0.6 is 0 Å². The molecule has 5 heteroatoms. The summed E-state index contributed by atoms with van der Waals surface area (Å²) >= 11 is 0. The first-order chi connectivity index (χ1) is 11.3. The first kappa shape index (κ1) is 19.0. The number of guanidine groups is 1. The summed E-state index contributed by atoms with van der Waals surface area (Å²) in [5.41, 5.74) is 1.11. The Morgan fingerprint density at radius 1 is 1.04 bits per heavy atom. The quantitative estimate of drug-likeness (QED) is 0.353. The molecule has 5 nitrogen and oxygen atoms in total. The van der Waals surface area contributed by atoms with E-state index in [2.05, 4.69) is 27.9 Å². The number of carbonyl (C=O) groups is 1. The van der Waals surface area contributed by atoms with Gasteiger partial charge in [-0.3, -0.25) is 9.79 Å². The molecule has 0 saturated carbocycles. The molecule has 128 valence electrons. The molecule has 1 rings (SSSR count). The van der Waals surface area contributed by atoms with Crippen LogP contribution in [0.1, 0.15) is 45.1 Å². The van der Waals surface area contributed by atoms with E-state index in [0.717, 1.165) is 31.0 Å². The van der Waals surface area contributed by atoms with Crippen molar-refractivity contribution >= 4 is 11.9 Å². The molecule has 1 aromatic rings. The molecule has 1 aromatic carbocycles. The predicted molar refractivity (Wildman–Crippen MR) is 96.4 cm³/mol. The number of aliphatic imine (C=N–C) groups is 1. The molecule has 23 heavy (non-hydrogen) atoms. The molecule has 0 bridgehead atoms. The topological polar surface area (TPSA) is 65.5 Å². The number of hydrogen-bond donors (Lipinski definition) is 3. The van der Waals surface area contributed by atoms with Crippen molar-refractivity contribution in [2.45, 2.75) is 46.1 Å². The van der Waals surface area contributed by atoms with E-state index in [0.29, 0.717) is 19.5 Å². The lowest BCUT2D eigenvalue weighted by Gasteiger charge is -2.11. The van der Waals surface area contributed by atoms with E-state index in [1.54, 1.807) is 0 Å². The highest BCUT2D eigenvalue weighted by atomic mass is 16.1. The van der Waals surface area contributed by atoms with E-state index in [4.69, 9.17) is 0 Å². The third-order valence-corrected chi connectivity index (χ3v) is 3.35. The first-order valence-electron chi connectivity index (χ1n) is 8.59. The Bertz CT molecular complexity index is 459. The van der Waals surface area contributed by atoms with E-state index in [-0.39, 0.29) is 5.91 Å². The maximum atomic E-state index is 11.8. The minimum atomic E-state index is 0.0446. The molecule has 0 unspecified atom stereocenters. The average Bonchev–Trinajstić information content (AvgIpc) is 2.58. The van der Waals surface area contributed by atoms with Gasteiger partial charge in [-0.1, -0.05) is 50.1 Å².